The summed E-state index contributed by atoms with van der Waals surface area (Å²) in [7, 11) is 0. The Labute approximate surface area is 165 Å². The van der Waals surface area contributed by atoms with Gasteiger partial charge in [0.25, 0.3) is 5.91 Å². The SMILES string of the molecule is CC(C)N1Cc2cnc(N(Cc3ccccc3)Cc3ccccc3)nc2C1=O. The summed E-state index contributed by atoms with van der Waals surface area (Å²) >= 11 is 0. The zero-order valence-electron chi connectivity index (χ0n) is 16.2. The van der Waals surface area contributed by atoms with E-state index in [1.165, 1.54) is 11.1 Å². The highest BCUT2D eigenvalue weighted by atomic mass is 16.2. The van der Waals surface area contributed by atoms with Crippen LogP contribution < -0.4 is 4.90 Å². The van der Waals surface area contributed by atoms with Crippen LogP contribution in [0.5, 0.6) is 0 Å². The molecular formula is C23H24N4O. The van der Waals surface area contributed by atoms with Gasteiger partial charge in [0, 0.05) is 30.9 Å². The molecule has 0 unspecified atom stereocenters. The largest absolute Gasteiger partial charge is 0.332 e. The molecule has 28 heavy (non-hydrogen) atoms. The third-order valence-electron chi connectivity index (χ3n) is 4.99. The summed E-state index contributed by atoms with van der Waals surface area (Å²) in [6, 6.07) is 20.7. The van der Waals surface area contributed by atoms with Crippen LogP contribution in [0, 0.1) is 0 Å². The number of amides is 1. The lowest BCUT2D eigenvalue weighted by Crippen LogP contribution is -2.31. The summed E-state index contributed by atoms with van der Waals surface area (Å²) in [4.78, 5) is 26.0. The molecule has 0 saturated carbocycles. The highest BCUT2D eigenvalue weighted by molar-refractivity contribution is 5.96. The molecule has 0 fully saturated rings. The number of benzene rings is 2. The Morgan fingerprint density at radius 1 is 0.964 bits per heavy atom. The molecule has 0 radical (unpaired) electrons. The molecule has 142 valence electrons. The van der Waals surface area contributed by atoms with Crippen molar-refractivity contribution in [3.63, 3.8) is 0 Å². The lowest BCUT2D eigenvalue weighted by Gasteiger charge is -2.23. The molecule has 2 aromatic carbocycles. The third kappa shape index (κ3) is 3.74. The standard InChI is InChI=1S/C23H24N4O/c1-17(2)27-16-20-13-24-23(25-21(20)22(27)28)26(14-18-9-5-3-6-10-18)15-19-11-7-4-8-12-19/h3-13,17H,14-16H2,1-2H3. The third-order valence-corrected chi connectivity index (χ3v) is 4.99. The molecule has 0 saturated heterocycles. The molecule has 2 heterocycles. The molecule has 1 aliphatic rings. The minimum Gasteiger partial charge on any atom is -0.332 e. The van der Waals surface area contributed by atoms with E-state index >= 15 is 0 Å². The van der Waals surface area contributed by atoms with Crippen molar-refractivity contribution < 1.29 is 4.79 Å². The number of nitrogens with zero attached hydrogens (tertiary/aromatic N) is 4. The minimum atomic E-state index is -0.00646. The van der Waals surface area contributed by atoms with E-state index in [4.69, 9.17) is 0 Å². The number of fused-ring (bicyclic) bond motifs is 1. The molecule has 0 bridgehead atoms. The van der Waals surface area contributed by atoms with Gasteiger partial charge in [-0.15, -0.1) is 0 Å². The van der Waals surface area contributed by atoms with Crippen LogP contribution in [-0.4, -0.2) is 26.8 Å². The van der Waals surface area contributed by atoms with E-state index in [2.05, 4.69) is 39.1 Å². The number of hydrogen-bond acceptors (Lipinski definition) is 4. The predicted octanol–water partition coefficient (Wildman–Crippen LogP) is 4.05. The summed E-state index contributed by atoms with van der Waals surface area (Å²) < 4.78 is 0. The Bertz CT molecular complexity index is 915. The summed E-state index contributed by atoms with van der Waals surface area (Å²) in [6.45, 7) is 5.99. The number of carbonyl (C=O) groups excluding carboxylic acids is 1. The van der Waals surface area contributed by atoms with E-state index in [9.17, 15) is 4.79 Å². The van der Waals surface area contributed by atoms with Crippen LogP contribution in [0.25, 0.3) is 0 Å². The van der Waals surface area contributed by atoms with Crippen LogP contribution in [0.1, 0.15) is 41.0 Å². The predicted molar refractivity (Wildman–Crippen MR) is 110 cm³/mol. The first kappa shape index (κ1) is 18.2. The van der Waals surface area contributed by atoms with Gasteiger partial charge in [-0.1, -0.05) is 60.7 Å². The summed E-state index contributed by atoms with van der Waals surface area (Å²) in [5, 5.41) is 0. The second kappa shape index (κ2) is 7.80. The van der Waals surface area contributed by atoms with Crippen molar-refractivity contribution in [3.05, 3.63) is 89.2 Å². The van der Waals surface area contributed by atoms with E-state index in [0.717, 1.165) is 5.56 Å². The molecule has 1 amide bonds. The van der Waals surface area contributed by atoms with E-state index in [1.54, 1.807) is 6.20 Å². The van der Waals surface area contributed by atoms with Gasteiger partial charge in [-0.05, 0) is 25.0 Å². The van der Waals surface area contributed by atoms with Crippen LogP contribution in [0.3, 0.4) is 0 Å². The molecule has 1 aromatic heterocycles. The molecule has 1 aliphatic heterocycles. The monoisotopic (exact) mass is 372 g/mol. The fourth-order valence-corrected chi connectivity index (χ4v) is 3.46. The maximum Gasteiger partial charge on any atom is 0.273 e. The maximum absolute atomic E-state index is 12.7. The van der Waals surface area contributed by atoms with Crippen molar-refractivity contribution in [1.82, 2.24) is 14.9 Å². The fourth-order valence-electron chi connectivity index (χ4n) is 3.46. The number of anilines is 1. The highest BCUT2D eigenvalue weighted by Gasteiger charge is 2.31. The van der Waals surface area contributed by atoms with Crippen molar-refractivity contribution in [1.29, 1.82) is 0 Å². The molecule has 5 heteroatoms. The van der Waals surface area contributed by atoms with Gasteiger partial charge in [0.05, 0.1) is 6.54 Å². The first-order valence-electron chi connectivity index (χ1n) is 9.61. The van der Waals surface area contributed by atoms with E-state index in [-0.39, 0.29) is 11.9 Å². The van der Waals surface area contributed by atoms with Gasteiger partial charge >= 0.3 is 0 Å². The highest BCUT2D eigenvalue weighted by Crippen LogP contribution is 2.25. The zero-order valence-corrected chi connectivity index (χ0v) is 16.2. The first-order chi connectivity index (χ1) is 13.6. The molecule has 0 atom stereocenters. The summed E-state index contributed by atoms with van der Waals surface area (Å²) in [5.41, 5.74) is 3.79. The molecule has 0 aliphatic carbocycles. The summed E-state index contributed by atoms with van der Waals surface area (Å²) in [6.07, 6.45) is 1.81. The van der Waals surface area contributed by atoms with Gasteiger partial charge < -0.3 is 9.80 Å². The Kier molecular flexibility index (Phi) is 5.06. The minimum absolute atomic E-state index is 0.00646. The van der Waals surface area contributed by atoms with Crippen molar-refractivity contribution in [3.8, 4) is 0 Å². The Morgan fingerprint density at radius 2 is 1.54 bits per heavy atom. The average molecular weight is 372 g/mol. The second-order valence-corrected chi connectivity index (χ2v) is 7.40. The van der Waals surface area contributed by atoms with Crippen LogP contribution in [0.15, 0.2) is 66.9 Å². The Morgan fingerprint density at radius 3 is 2.07 bits per heavy atom. The molecule has 0 spiro atoms. The normalized spacial score (nSPS) is 13.1. The molecule has 0 N–H and O–H groups in total. The van der Waals surface area contributed by atoms with Gasteiger partial charge in [-0.25, -0.2) is 9.97 Å². The number of aromatic nitrogens is 2. The Balaban J connectivity index is 1.66. The van der Waals surface area contributed by atoms with E-state index in [0.29, 0.717) is 31.3 Å². The fraction of sp³-hybridized carbons (Fsp3) is 0.261. The zero-order chi connectivity index (χ0) is 19.5. The average Bonchev–Trinajstić information content (AvgIpc) is 3.05. The van der Waals surface area contributed by atoms with Crippen LogP contribution in [0.2, 0.25) is 0 Å². The van der Waals surface area contributed by atoms with Crippen LogP contribution in [0.4, 0.5) is 5.95 Å². The number of carbonyl (C=O) groups is 1. The van der Waals surface area contributed by atoms with Crippen molar-refractivity contribution >= 4 is 11.9 Å². The van der Waals surface area contributed by atoms with Crippen LogP contribution >= 0.6 is 0 Å². The van der Waals surface area contributed by atoms with Gasteiger partial charge in [-0.3, -0.25) is 4.79 Å². The van der Waals surface area contributed by atoms with Gasteiger partial charge in [0.1, 0.15) is 5.69 Å². The number of hydrogen-bond donors (Lipinski definition) is 0. The summed E-state index contributed by atoms with van der Waals surface area (Å²) in [5.74, 6) is 0.582. The van der Waals surface area contributed by atoms with E-state index in [1.807, 2.05) is 55.1 Å². The van der Waals surface area contributed by atoms with Gasteiger partial charge in [-0.2, -0.15) is 0 Å². The molecule has 4 rings (SSSR count). The molecular weight excluding hydrogens is 348 g/mol. The lowest BCUT2D eigenvalue weighted by molar-refractivity contribution is 0.0726. The smallest absolute Gasteiger partial charge is 0.273 e. The molecule has 3 aromatic rings. The molecule has 5 nitrogen and oxygen atoms in total. The lowest BCUT2D eigenvalue weighted by atomic mass is 10.2. The maximum atomic E-state index is 12.7. The number of rotatable bonds is 6. The quantitative estimate of drug-likeness (QED) is 0.655. The van der Waals surface area contributed by atoms with Crippen molar-refractivity contribution in [2.24, 2.45) is 0 Å². The Hall–Kier alpha value is -3.21. The second-order valence-electron chi connectivity index (χ2n) is 7.40. The van der Waals surface area contributed by atoms with Gasteiger partial charge in [0.15, 0.2) is 0 Å². The topological polar surface area (TPSA) is 49.3 Å². The first-order valence-corrected chi connectivity index (χ1v) is 9.61. The van der Waals surface area contributed by atoms with Crippen LogP contribution in [-0.2, 0) is 19.6 Å². The van der Waals surface area contributed by atoms with Gasteiger partial charge in [0.2, 0.25) is 5.95 Å². The van der Waals surface area contributed by atoms with Crippen molar-refractivity contribution in [2.45, 2.75) is 39.5 Å². The van der Waals surface area contributed by atoms with E-state index < -0.39 is 0 Å². The van der Waals surface area contributed by atoms with Crippen molar-refractivity contribution in [2.75, 3.05) is 4.90 Å².